The summed E-state index contributed by atoms with van der Waals surface area (Å²) >= 11 is 0. The number of nitrogens with one attached hydrogen (secondary N) is 1. The number of carbonyl (C=O) groups is 1. The molecular formula is C16H21N5O. The second-order valence-electron chi connectivity index (χ2n) is 5.64. The predicted molar refractivity (Wildman–Crippen MR) is 84.6 cm³/mol. The van der Waals surface area contributed by atoms with Gasteiger partial charge in [0.1, 0.15) is 18.2 Å². The lowest BCUT2D eigenvalue weighted by Crippen LogP contribution is -2.48. The molecule has 1 atom stereocenters. The van der Waals surface area contributed by atoms with Gasteiger partial charge in [-0.25, -0.2) is 9.97 Å². The monoisotopic (exact) mass is 299 g/mol. The number of rotatable bonds is 4. The molecule has 1 fully saturated rings. The van der Waals surface area contributed by atoms with E-state index in [4.69, 9.17) is 0 Å². The van der Waals surface area contributed by atoms with Crippen LogP contribution in [0.25, 0.3) is 0 Å². The van der Waals surface area contributed by atoms with Crippen LogP contribution in [0.1, 0.15) is 18.7 Å². The van der Waals surface area contributed by atoms with Crippen molar-refractivity contribution in [2.24, 2.45) is 0 Å². The summed E-state index contributed by atoms with van der Waals surface area (Å²) in [6.45, 7) is 4.03. The molecule has 1 N–H and O–H groups in total. The molecule has 116 valence electrons. The molecule has 0 bridgehead atoms. The molecule has 3 heterocycles. The van der Waals surface area contributed by atoms with E-state index in [-0.39, 0.29) is 11.9 Å². The smallest absolute Gasteiger partial charge is 0.240 e. The first-order chi connectivity index (χ1) is 10.7. The number of piperidine rings is 1. The van der Waals surface area contributed by atoms with Crippen molar-refractivity contribution in [3.63, 3.8) is 0 Å². The largest absolute Gasteiger partial charge is 0.355 e. The lowest BCUT2D eigenvalue weighted by atomic mass is 10.1. The lowest BCUT2D eigenvalue weighted by Gasteiger charge is -2.34. The Bertz CT molecular complexity index is 624. The maximum absolute atomic E-state index is 12.2. The molecule has 0 aromatic carbocycles. The number of carbonyl (C=O) groups excluding carboxylic acids is 1. The fourth-order valence-corrected chi connectivity index (χ4v) is 2.84. The Morgan fingerprint density at radius 2 is 2.27 bits per heavy atom. The van der Waals surface area contributed by atoms with Gasteiger partial charge < -0.3 is 14.8 Å². The second kappa shape index (κ2) is 6.60. The summed E-state index contributed by atoms with van der Waals surface area (Å²) in [6, 6.07) is 6.10. The quantitative estimate of drug-likeness (QED) is 0.926. The third kappa shape index (κ3) is 3.44. The molecule has 1 amide bonds. The fourth-order valence-electron chi connectivity index (χ4n) is 2.84. The number of aromatic nitrogens is 3. The fraction of sp³-hybridized carbons (Fsp3) is 0.438. The molecule has 0 saturated carbocycles. The highest BCUT2D eigenvalue weighted by molar-refractivity contribution is 5.76. The Labute approximate surface area is 130 Å². The van der Waals surface area contributed by atoms with E-state index in [1.807, 2.05) is 35.9 Å². The Kier molecular flexibility index (Phi) is 4.37. The van der Waals surface area contributed by atoms with E-state index in [9.17, 15) is 4.79 Å². The van der Waals surface area contributed by atoms with Crippen molar-refractivity contribution >= 4 is 11.7 Å². The van der Waals surface area contributed by atoms with E-state index < -0.39 is 0 Å². The van der Waals surface area contributed by atoms with E-state index in [1.54, 1.807) is 12.4 Å². The summed E-state index contributed by atoms with van der Waals surface area (Å²) in [7, 11) is 0. The molecule has 0 radical (unpaired) electrons. The lowest BCUT2D eigenvalue weighted by molar-refractivity contribution is -0.122. The van der Waals surface area contributed by atoms with Crippen LogP contribution in [0.3, 0.4) is 0 Å². The first-order valence-electron chi connectivity index (χ1n) is 7.65. The molecular weight excluding hydrogens is 278 g/mol. The maximum Gasteiger partial charge on any atom is 0.240 e. The topological polar surface area (TPSA) is 63.1 Å². The second-order valence-corrected chi connectivity index (χ2v) is 5.64. The van der Waals surface area contributed by atoms with Gasteiger partial charge >= 0.3 is 0 Å². The van der Waals surface area contributed by atoms with Crippen molar-refractivity contribution in [2.45, 2.75) is 32.4 Å². The molecule has 0 unspecified atom stereocenters. The molecule has 1 saturated heterocycles. The van der Waals surface area contributed by atoms with Gasteiger partial charge in [-0.3, -0.25) is 4.79 Å². The summed E-state index contributed by atoms with van der Waals surface area (Å²) in [5.74, 6) is 1.87. The first-order valence-corrected chi connectivity index (χ1v) is 7.65. The number of aryl methyl sites for hydroxylation is 1. The Hall–Kier alpha value is -2.37. The summed E-state index contributed by atoms with van der Waals surface area (Å²) < 4.78 is 1.86. The van der Waals surface area contributed by atoms with Crippen LogP contribution in [0.2, 0.25) is 0 Å². The minimum absolute atomic E-state index is 0.0361. The van der Waals surface area contributed by atoms with Crippen molar-refractivity contribution in [1.82, 2.24) is 19.9 Å². The Morgan fingerprint density at radius 3 is 3.00 bits per heavy atom. The summed E-state index contributed by atoms with van der Waals surface area (Å²) in [4.78, 5) is 22.9. The minimum Gasteiger partial charge on any atom is -0.355 e. The molecule has 2 aromatic rings. The van der Waals surface area contributed by atoms with Gasteiger partial charge in [0.25, 0.3) is 0 Å². The number of imidazole rings is 1. The normalized spacial score (nSPS) is 18.2. The van der Waals surface area contributed by atoms with Crippen LogP contribution < -0.4 is 10.2 Å². The average Bonchev–Trinajstić information content (AvgIpc) is 2.93. The third-order valence-corrected chi connectivity index (χ3v) is 4.00. The van der Waals surface area contributed by atoms with Crippen LogP contribution in [0, 0.1) is 6.92 Å². The highest BCUT2D eigenvalue weighted by atomic mass is 16.2. The summed E-state index contributed by atoms with van der Waals surface area (Å²) in [5.41, 5.74) is 0. The standard InChI is InChI=1S/C16H21N5O/c1-13-17-8-10-20(13)12-16(22)19-14-5-4-9-21(11-14)15-6-2-3-7-18-15/h2-3,6-8,10,14H,4-5,9,11-12H2,1H3,(H,19,22)/t14-/m1/s1. The van der Waals surface area contributed by atoms with Crippen LogP contribution in [0.4, 0.5) is 5.82 Å². The van der Waals surface area contributed by atoms with E-state index in [1.165, 1.54) is 0 Å². The van der Waals surface area contributed by atoms with Gasteiger partial charge in [0.05, 0.1) is 0 Å². The van der Waals surface area contributed by atoms with Gasteiger partial charge in [-0.2, -0.15) is 0 Å². The molecule has 22 heavy (non-hydrogen) atoms. The zero-order chi connectivity index (χ0) is 15.4. The van der Waals surface area contributed by atoms with Crippen LogP contribution in [-0.2, 0) is 11.3 Å². The highest BCUT2D eigenvalue weighted by Gasteiger charge is 2.22. The van der Waals surface area contributed by atoms with Gasteiger partial charge in [-0.1, -0.05) is 6.07 Å². The maximum atomic E-state index is 12.2. The molecule has 1 aliphatic heterocycles. The molecule has 6 heteroatoms. The Balaban J connectivity index is 1.56. The minimum atomic E-state index is 0.0361. The average molecular weight is 299 g/mol. The summed E-state index contributed by atoms with van der Waals surface area (Å²) in [6.07, 6.45) is 7.42. The zero-order valence-electron chi connectivity index (χ0n) is 12.8. The predicted octanol–water partition coefficient (Wildman–Crippen LogP) is 1.37. The van der Waals surface area contributed by atoms with Crippen molar-refractivity contribution in [3.05, 3.63) is 42.6 Å². The van der Waals surface area contributed by atoms with Gasteiger partial charge in [0, 0.05) is 37.7 Å². The third-order valence-electron chi connectivity index (χ3n) is 4.00. The van der Waals surface area contributed by atoms with Crippen molar-refractivity contribution < 1.29 is 4.79 Å². The number of nitrogens with zero attached hydrogens (tertiary/aromatic N) is 4. The van der Waals surface area contributed by atoms with Crippen LogP contribution >= 0.6 is 0 Å². The molecule has 2 aromatic heterocycles. The van der Waals surface area contributed by atoms with E-state index in [0.29, 0.717) is 6.54 Å². The van der Waals surface area contributed by atoms with Gasteiger partial charge in [0.15, 0.2) is 0 Å². The van der Waals surface area contributed by atoms with Crippen molar-refractivity contribution in [1.29, 1.82) is 0 Å². The number of hydrogen-bond donors (Lipinski definition) is 1. The molecule has 3 rings (SSSR count). The van der Waals surface area contributed by atoms with Crippen LogP contribution in [-0.4, -0.2) is 39.6 Å². The van der Waals surface area contributed by atoms with Gasteiger partial charge in [0.2, 0.25) is 5.91 Å². The SMILES string of the molecule is Cc1nccn1CC(=O)N[C@@H]1CCCN(c2ccccn2)C1. The van der Waals surface area contributed by atoms with E-state index in [2.05, 4.69) is 20.2 Å². The summed E-state index contributed by atoms with van der Waals surface area (Å²) in [5, 5.41) is 3.13. The van der Waals surface area contributed by atoms with Gasteiger partial charge in [-0.05, 0) is 31.9 Å². The van der Waals surface area contributed by atoms with Crippen molar-refractivity contribution in [3.8, 4) is 0 Å². The zero-order valence-corrected chi connectivity index (χ0v) is 12.8. The highest BCUT2D eigenvalue weighted by Crippen LogP contribution is 2.17. The number of hydrogen-bond acceptors (Lipinski definition) is 4. The molecule has 1 aliphatic rings. The molecule has 0 spiro atoms. The molecule has 6 nitrogen and oxygen atoms in total. The van der Waals surface area contributed by atoms with Gasteiger partial charge in [-0.15, -0.1) is 0 Å². The number of anilines is 1. The van der Waals surface area contributed by atoms with Crippen LogP contribution in [0.15, 0.2) is 36.8 Å². The van der Waals surface area contributed by atoms with E-state index in [0.717, 1.165) is 37.6 Å². The van der Waals surface area contributed by atoms with E-state index >= 15 is 0 Å². The number of pyridine rings is 1. The first kappa shape index (κ1) is 14.6. The molecule has 0 aliphatic carbocycles. The number of amides is 1. The van der Waals surface area contributed by atoms with Crippen molar-refractivity contribution in [2.75, 3.05) is 18.0 Å². The Morgan fingerprint density at radius 1 is 1.36 bits per heavy atom. The van der Waals surface area contributed by atoms with Crippen LogP contribution in [0.5, 0.6) is 0 Å².